The molecule has 0 amide bonds. The minimum atomic E-state index is 0.0451. The number of carbonyl (C=O) groups is 1. The van der Waals surface area contributed by atoms with Crippen molar-refractivity contribution in [3.05, 3.63) is 29.5 Å². The fourth-order valence-corrected chi connectivity index (χ4v) is 1.74. The van der Waals surface area contributed by atoms with Gasteiger partial charge >= 0.3 is 0 Å². The molecule has 1 aromatic heterocycles. The Morgan fingerprint density at radius 1 is 1.44 bits per heavy atom. The summed E-state index contributed by atoms with van der Waals surface area (Å²) in [5.74, 6) is 0.587. The highest BCUT2D eigenvalue weighted by molar-refractivity contribution is 5.97. The van der Waals surface area contributed by atoms with E-state index in [0.29, 0.717) is 17.1 Å². The second kappa shape index (κ2) is 4.08. The van der Waals surface area contributed by atoms with Gasteiger partial charge in [-0.25, -0.2) is 0 Å². The molecule has 0 saturated carbocycles. The summed E-state index contributed by atoms with van der Waals surface area (Å²) in [6.07, 6.45) is 0.895. The highest BCUT2D eigenvalue weighted by Gasteiger charge is 2.11. The first-order valence-corrected chi connectivity index (χ1v) is 5.47. The second-order valence-corrected chi connectivity index (χ2v) is 4.49. The van der Waals surface area contributed by atoms with E-state index in [2.05, 4.69) is 19.0 Å². The quantitative estimate of drug-likeness (QED) is 0.741. The third-order valence-electron chi connectivity index (χ3n) is 2.55. The van der Waals surface area contributed by atoms with E-state index in [9.17, 15) is 4.79 Å². The molecule has 0 aliphatic carbocycles. The molecule has 0 aliphatic heterocycles. The Balaban J connectivity index is 2.46. The third kappa shape index (κ3) is 1.98. The van der Waals surface area contributed by atoms with Gasteiger partial charge in [-0.3, -0.25) is 4.79 Å². The summed E-state index contributed by atoms with van der Waals surface area (Å²) in [6.45, 7) is 5.83. The van der Waals surface area contributed by atoms with Crippen molar-refractivity contribution in [2.24, 2.45) is 5.92 Å². The van der Waals surface area contributed by atoms with Gasteiger partial charge in [0.1, 0.15) is 0 Å². The molecular weight excluding hydrogens is 202 g/mol. The number of nitrogens with zero attached hydrogens (tertiary/aromatic N) is 1. The van der Waals surface area contributed by atoms with E-state index in [1.165, 1.54) is 0 Å². The van der Waals surface area contributed by atoms with Crippen molar-refractivity contribution in [2.45, 2.75) is 27.2 Å². The molecule has 84 valence electrons. The molecule has 0 aliphatic rings. The topological polar surface area (TPSA) is 43.1 Å². The zero-order chi connectivity index (χ0) is 11.7. The average Bonchev–Trinajstić information content (AvgIpc) is 2.60. The second-order valence-electron chi connectivity index (χ2n) is 4.49. The lowest BCUT2D eigenvalue weighted by atomic mass is 10.0. The smallest absolute Gasteiger partial charge is 0.167 e. The molecule has 0 fully saturated rings. The van der Waals surface area contributed by atoms with E-state index in [1.807, 2.05) is 12.1 Å². The molecule has 0 N–H and O–H groups in total. The maximum atomic E-state index is 11.2. The van der Waals surface area contributed by atoms with Crippen LogP contribution in [0.1, 0.15) is 36.8 Å². The Bertz CT molecular complexity index is 526. The standard InChI is InChI=1S/C13H15NO2/c1-8(2)6-12-11-5-4-10(9(3)15)7-13(11)16-14-12/h4-5,7-8H,6H2,1-3H3. The summed E-state index contributed by atoms with van der Waals surface area (Å²) in [4.78, 5) is 11.2. The molecule has 3 nitrogen and oxygen atoms in total. The predicted molar refractivity (Wildman–Crippen MR) is 62.6 cm³/mol. The van der Waals surface area contributed by atoms with Gasteiger partial charge in [-0.15, -0.1) is 0 Å². The van der Waals surface area contributed by atoms with Gasteiger partial charge in [0.15, 0.2) is 11.4 Å². The van der Waals surface area contributed by atoms with Crippen LogP contribution in [-0.4, -0.2) is 10.9 Å². The summed E-state index contributed by atoms with van der Waals surface area (Å²) >= 11 is 0. The fraction of sp³-hybridized carbons (Fsp3) is 0.385. The van der Waals surface area contributed by atoms with E-state index < -0.39 is 0 Å². The molecule has 3 heteroatoms. The minimum Gasteiger partial charge on any atom is -0.356 e. The van der Waals surface area contributed by atoms with Crippen LogP contribution in [0.25, 0.3) is 11.0 Å². The molecule has 0 bridgehead atoms. The SMILES string of the molecule is CC(=O)c1ccc2c(CC(C)C)noc2c1. The molecule has 0 radical (unpaired) electrons. The molecule has 0 saturated heterocycles. The van der Waals surface area contributed by atoms with Crippen LogP contribution in [0.2, 0.25) is 0 Å². The zero-order valence-electron chi connectivity index (χ0n) is 9.78. The Morgan fingerprint density at radius 2 is 2.19 bits per heavy atom. The number of carbonyl (C=O) groups excluding carboxylic acids is 1. The summed E-state index contributed by atoms with van der Waals surface area (Å²) < 4.78 is 5.24. The van der Waals surface area contributed by atoms with Crippen LogP contribution in [0.15, 0.2) is 22.7 Å². The summed E-state index contributed by atoms with van der Waals surface area (Å²) in [5, 5.41) is 5.06. The molecule has 2 aromatic rings. The first-order chi connectivity index (χ1) is 7.58. The largest absolute Gasteiger partial charge is 0.356 e. The Labute approximate surface area is 94.4 Å². The van der Waals surface area contributed by atoms with Crippen LogP contribution in [-0.2, 0) is 6.42 Å². The number of hydrogen-bond donors (Lipinski definition) is 0. The lowest BCUT2D eigenvalue weighted by Crippen LogP contribution is -1.95. The van der Waals surface area contributed by atoms with Crippen molar-refractivity contribution >= 4 is 16.8 Å². The molecule has 0 atom stereocenters. The number of rotatable bonds is 3. The zero-order valence-corrected chi connectivity index (χ0v) is 9.78. The van der Waals surface area contributed by atoms with Crippen molar-refractivity contribution in [2.75, 3.05) is 0 Å². The predicted octanol–water partition coefficient (Wildman–Crippen LogP) is 3.23. The van der Waals surface area contributed by atoms with Gasteiger partial charge in [0.05, 0.1) is 5.69 Å². The molecule has 1 aromatic carbocycles. The van der Waals surface area contributed by atoms with Gasteiger partial charge in [-0.05, 0) is 31.4 Å². The molecular formula is C13H15NO2. The van der Waals surface area contributed by atoms with Crippen molar-refractivity contribution in [1.82, 2.24) is 5.16 Å². The van der Waals surface area contributed by atoms with Crippen LogP contribution in [0.3, 0.4) is 0 Å². The first-order valence-electron chi connectivity index (χ1n) is 5.47. The van der Waals surface area contributed by atoms with Crippen LogP contribution in [0.5, 0.6) is 0 Å². The molecule has 0 unspecified atom stereocenters. The molecule has 0 spiro atoms. The summed E-state index contributed by atoms with van der Waals surface area (Å²) in [5.41, 5.74) is 2.34. The van der Waals surface area contributed by atoms with E-state index in [0.717, 1.165) is 17.5 Å². The first kappa shape index (κ1) is 10.9. The Hall–Kier alpha value is -1.64. The van der Waals surface area contributed by atoms with E-state index in [1.54, 1.807) is 13.0 Å². The van der Waals surface area contributed by atoms with Gasteiger partial charge in [-0.1, -0.05) is 25.1 Å². The number of fused-ring (bicyclic) bond motifs is 1. The van der Waals surface area contributed by atoms with Crippen molar-refractivity contribution in [1.29, 1.82) is 0 Å². The summed E-state index contributed by atoms with van der Waals surface area (Å²) in [6, 6.07) is 5.50. The lowest BCUT2D eigenvalue weighted by Gasteiger charge is -2.00. The number of Topliss-reactive ketones (excluding diaryl/α,β-unsaturated/α-hetero) is 1. The number of hydrogen-bond acceptors (Lipinski definition) is 3. The van der Waals surface area contributed by atoms with Gasteiger partial charge in [0.25, 0.3) is 0 Å². The normalized spacial score (nSPS) is 11.2. The highest BCUT2D eigenvalue weighted by atomic mass is 16.5. The summed E-state index contributed by atoms with van der Waals surface area (Å²) in [7, 11) is 0. The van der Waals surface area contributed by atoms with Crippen LogP contribution >= 0.6 is 0 Å². The number of ketones is 1. The number of aromatic nitrogens is 1. The van der Waals surface area contributed by atoms with Crippen LogP contribution in [0.4, 0.5) is 0 Å². The Morgan fingerprint density at radius 3 is 2.81 bits per heavy atom. The Kier molecular flexibility index (Phi) is 2.77. The monoisotopic (exact) mass is 217 g/mol. The minimum absolute atomic E-state index is 0.0451. The molecule has 2 rings (SSSR count). The lowest BCUT2D eigenvalue weighted by molar-refractivity contribution is 0.101. The van der Waals surface area contributed by atoms with Crippen LogP contribution in [0, 0.1) is 5.92 Å². The molecule has 1 heterocycles. The van der Waals surface area contributed by atoms with E-state index in [4.69, 9.17) is 4.52 Å². The molecule has 16 heavy (non-hydrogen) atoms. The van der Waals surface area contributed by atoms with Crippen LogP contribution < -0.4 is 0 Å². The van der Waals surface area contributed by atoms with Crippen molar-refractivity contribution in [3.63, 3.8) is 0 Å². The average molecular weight is 217 g/mol. The van der Waals surface area contributed by atoms with Gasteiger partial charge in [0, 0.05) is 10.9 Å². The highest BCUT2D eigenvalue weighted by Crippen LogP contribution is 2.22. The third-order valence-corrected chi connectivity index (χ3v) is 2.55. The fourth-order valence-electron chi connectivity index (χ4n) is 1.74. The van der Waals surface area contributed by atoms with Crippen molar-refractivity contribution in [3.8, 4) is 0 Å². The van der Waals surface area contributed by atoms with E-state index in [-0.39, 0.29) is 5.78 Å². The van der Waals surface area contributed by atoms with Crippen molar-refractivity contribution < 1.29 is 9.32 Å². The van der Waals surface area contributed by atoms with Gasteiger partial charge in [-0.2, -0.15) is 0 Å². The maximum Gasteiger partial charge on any atom is 0.167 e. The maximum absolute atomic E-state index is 11.2. The van der Waals surface area contributed by atoms with Gasteiger partial charge < -0.3 is 4.52 Å². The van der Waals surface area contributed by atoms with Gasteiger partial charge in [0.2, 0.25) is 0 Å². The number of benzene rings is 1. The van der Waals surface area contributed by atoms with E-state index >= 15 is 0 Å².